The summed E-state index contributed by atoms with van der Waals surface area (Å²) >= 11 is 0. The number of furan rings is 1. The van der Waals surface area contributed by atoms with Gasteiger partial charge in [-0.2, -0.15) is 0 Å². The zero-order chi connectivity index (χ0) is 12.3. The molecule has 1 aromatic heterocycles. The van der Waals surface area contributed by atoms with Gasteiger partial charge in [0, 0.05) is 12.1 Å². The van der Waals surface area contributed by atoms with Crippen molar-refractivity contribution >= 4 is 0 Å². The van der Waals surface area contributed by atoms with Crippen molar-refractivity contribution in [1.29, 1.82) is 0 Å². The molecule has 0 bridgehead atoms. The van der Waals surface area contributed by atoms with Crippen molar-refractivity contribution < 1.29 is 4.42 Å². The van der Waals surface area contributed by atoms with Gasteiger partial charge >= 0.3 is 0 Å². The Morgan fingerprint density at radius 2 is 2.12 bits per heavy atom. The van der Waals surface area contributed by atoms with E-state index in [1.807, 2.05) is 6.07 Å². The lowest BCUT2D eigenvalue weighted by atomic mass is 10.0. The van der Waals surface area contributed by atoms with E-state index in [9.17, 15) is 0 Å². The molecule has 1 N–H and O–H groups in total. The van der Waals surface area contributed by atoms with Gasteiger partial charge in [0.25, 0.3) is 0 Å². The molecule has 0 aromatic carbocycles. The molecule has 0 saturated carbocycles. The zero-order valence-electron chi connectivity index (χ0n) is 11.2. The van der Waals surface area contributed by atoms with Crippen LogP contribution in [0, 0.1) is 6.92 Å². The lowest BCUT2D eigenvalue weighted by Crippen LogP contribution is -2.44. The predicted octanol–water partition coefficient (Wildman–Crippen LogP) is 2.55. The molecule has 0 aliphatic carbocycles. The van der Waals surface area contributed by atoms with E-state index in [1.54, 1.807) is 6.26 Å². The lowest BCUT2D eigenvalue weighted by molar-refractivity contribution is 0.160. The Labute approximate surface area is 104 Å². The Morgan fingerprint density at radius 3 is 2.65 bits per heavy atom. The number of hydrogen-bond acceptors (Lipinski definition) is 3. The van der Waals surface area contributed by atoms with Gasteiger partial charge in [-0.3, -0.25) is 0 Å². The summed E-state index contributed by atoms with van der Waals surface area (Å²) in [4.78, 5) is 2.55. The highest BCUT2D eigenvalue weighted by Crippen LogP contribution is 2.14. The average Bonchev–Trinajstić information content (AvgIpc) is 2.73. The summed E-state index contributed by atoms with van der Waals surface area (Å²) in [5, 5.41) is 3.60. The SMILES string of the molecule is Cc1ccoc1CNC1CCN(C(C)C)CC1. The molecule has 1 fully saturated rings. The van der Waals surface area contributed by atoms with Gasteiger partial charge in [-0.1, -0.05) is 0 Å². The van der Waals surface area contributed by atoms with Gasteiger partial charge in [0.05, 0.1) is 12.8 Å². The Balaban J connectivity index is 1.74. The second-order valence-corrected chi connectivity index (χ2v) is 5.31. The van der Waals surface area contributed by atoms with Crippen LogP contribution in [0.5, 0.6) is 0 Å². The molecule has 1 aliphatic rings. The third-order valence-corrected chi connectivity index (χ3v) is 3.78. The molecule has 1 aromatic rings. The van der Waals surface area contributed by atoms with Crippen molar-refractivity contribution in [2.24, 2.45) is 0 Å². The highest BCUT2D eigenvalue weighted by atomic mass is 16.3. The molecule has 17 heavy (non-hydrogen) atoms. The summed E-state index contributed by atoms with van der Waals surface area (Å²) in [6, 6.07) is 3.36. The van der Waals surface area contributed by atoms with E-state index in [0.29, 0.717) is 12.1 Å². The summed E-state index contributed by atoms with van der Waals surface area (Å²) < 4.78 is 5.44. The van der Waals surface area contributed by atoms with Crippen LogP contribution in [0.1, 0.15) is 38.0 Å². The van der Waals surface area contributed by atoms with Crippen molar-refractivity contribution in [2.75, 3.05) is 13.1 Å². The van der Waals surface area contributed by atoms with Crippen LogP contribution in [-0.2, 0) is 6.54 Å². The van der Waals surface area contributed by atoms with Crippen molar-refractivity contribution in [1.82, 2.24) is 10.2 Å². The van der Waals surface area contributed by atoms with E-state index in [1.165, 1.54) is 31.5 Å². The molecule has 0 radical (unpaired) electrons. The third kappa shape index (κ3) is 3.33. The van der Waals surface area contributed by atoms with Crippen molar-refractivity contribution in [3.05, 3.63) is 23.7 Å². The lowest BCUT2D eigenvalue weighted by Gasteiger charge is -2.34. The summed E-state index contributed by atoms with van der Waals surface area (Å²) in [5.41, 5.74) is 1.25. The first-order chi connectivity index (χ1) is 8.16. The topological polar surface area (TPSA) is 28.4 Å². The van der Waals surface area contributed by atoms with Gasteiger partial charge in [0.1, 0.15) is 5.76 Å². The first-order valence-corrected chi connectivity index (χ1v) is 6.67. The molecule has 3 nitrogen and oxygen atoms in total. The summed E-state index contributed by atoms with van der Waals surface area (Å²) in [5.74, 6) is 1.08. The molecular weight excluding hydrogens is 212 g/mol. The fourth-order valence-corrected chi connectivity index (χ4v) is 2.44. The average molecular weight is 236 g/mol. The van der Waals surface area contributed by atoms with Gasteiger partial charge in [-0.25, -0.2) is 0 Å². The number of nitrogens with one attached hydrogen (secondary N) is 1. The van der Waals surface area contributed by atoms with E-state index in [2.05, 4.69) is 31.0 Å². The van der Waals surface area contributed by atoms with Gasteiger partial charge in [0.15, 0.2) is 0 Å². The number of rotatable bonds is 4. The maximum atomic E-state index is 5.44. The molecule has 0 amide bonds. The first kappa shape index (κ1) is 12.7. The minimum atomic E-state index is 0.648. The normalized spacial score (nSPS) is 19.1. The van der Waals surface area contributed by atoms with E-state index < -0.39 is 0 Å². The van der Waals surface area contributed by atoms with Crippen molar-refractivity contribution in [3.63, 3.8) is 0 Å². The molecule has 3 heteroatoms. The van der Waals surface area contributed by atoms with Crippen LogP contribution < -0.4 is 5.32 Å². The minimum Gasteiger partial charge on any atom is -0.468 e. The van der Waals surface area contributed by atoms with Crippen LogP contribution in [0.4, 0.5) is 0 Å². The molecule has 0 spiro atoms. The molecule has 1 saturated heterocycles. The number of aryl methyl sites for hydroxylation is 1. The van der Waals surface area contributed by atoms with E-state index in [4.69, 9.17) is 4.42 Å². The Morgan fingerprint density at radius 1 is 1.41 bits per heavy atom. The van der Waals surface area contributed by atoms with Crippen LogP contribution in [0.2, 0.25) is 0 Å². The zero-order valence-corrected chi connectivity index (χ0v) is 11.2. The van der Waals surface area contributed by atoms with Crippen LogP contribution in [-0.4, -0.2) is 30.1 Å². The largest absolute Gasteiger partial charge is 0.468 e. The van der Waals surface area contributed by atoms with Gasteiger partial charge < -0.3 is 14.6 Å². The van der Waals surface area contributed by atoms with E-state index in [0.717, 1.165) is 12.3 Å². The summed E-state index contributed by atoms with van der Waals surface area (Å²) in [6.45, 7) is 9.95. The smallest absolute Gasteiger partial charge is 0.120 e. The maximum absolute atomic E-state index is 5.44. The van der Waals surface area contributed by atoms with Gasteiger partial charge in [-0.05, 0) is 58.3 Å². The molecule has 2 rings (SSSR count). The molecule has 0 unspecified atom stereocenters. The van der Waals surface area contributed by atoms with Crippen LogP contribution in [0.15, 0.2) is 16.7 Å². The Bertz CT molecular complexity index is 338. The number of nitrogens with zero attached hydrogens (tertiary/aromatic N) is 1. The van der Waals surface area contributed by atoms with Crippen molar-refractivity contribution in [3.8, 4) is 0 Å². The predicted molar refractivity (Wildman–Crippen MR) is 70.0 cm³/mol. The highest BCUT2D eigenvalue weighted by Gasteiger charge is 2.20. The van der Waals surface area contributed by atoms with Crippen LogP contribution in [0.3, 0.4) is 0 Å². The quantitative estimate of drug-likeness (QED) is 0.871. The third-order valence-electron chi connectivity index (χ3n) is 3.78. The van der Waals surface area contributed by atoms with Crippen LogP contribution in [0.25, 0.3) is 0 Å². The standard InChI is InChI=1S/C14H24N2O/c1-11(2)16-7-4-13(5-8-16)15-10-14-12(3)6-9-17-14/h6,9,11,13,15H,4-5,7-8,10H2,1-3H3. The van der Waals surface area contributed by atoms with E-state index >= 15 is 0 Å². The van der Waals surface area contributed by atoms with Crippen LogP contribution >= 0.6 is 0 Å². The molecule has 2 heterocycles. The maximum Gasteiger partial charge on any atom is 0.120 e. The molecule has 96 valence electrons. The highest BCUT2D eigenvalue weighted by molar-refractivity contribution is 5.14. The number of likely N-dealkylation sites (tertiary alicyclic amines) is 1. The second kappa shape index (κ2) is 5.69. The minimum absolute atomic E-state index is 0.648. The molecule has 0 atom stereocenters. The summed E-state index contributed by atoms with van der Waals surface area (Å²) in [7, 11) is 0. The second-order valence-electron chi connectivity index (χ2n) is 5.31. The van der Waals surface area contributed by atoms with E-state index in [-0.39, 0.29) is 0 Å². The fraction of sp³-hybridized carbons (Fsp3) is 0.714. The number of piperidine rings is 1. The summed E-state index contributed by atoms with van der Waals surface area (Å²) in [6.07, 6.45) is 4.27. The Hall–Kier alpha value is -0.800. The number of hydrogen-bond donors (Lipinski definition) is 1. The molecular formula is C14H24N2O. The molecule has 1 aliphatic heterocycles. The van der Waals surface area contributed by atoms with Gasteiger partial charge in [0.2, 0.25) is 0 Å². The monoisotopic (exact) mass is 236 g/mol. The fourth-order valence-electron chi connectivity index (χ4n) is 2.44. The first-order valence-electron chi connectivity index (χ1n) is 6.67. The van der Waals surface area contributed by atoms with Gasteiger partial charge in [-0.15, -0.1) is 0 Å². The van der Waals surface area contributed by atoms with Crippen molar-refractivity contribution in [2.45, 2.75) is 52.2 Å². The Kier molecular flexibility index (Phi) is 4.24.